The molecule has 1 aliphatic rings. The van der Waals surface area contributed by atoms with Gasteiger partial charge in [-0.15, -0.1) is 22.9 Å². The SMILES string of the molecule is O=S1(=O)CC(Cl)C(NC(=S)Nc2nc(-c3cccc(Br)c3)cs2)C1. The highest BCUT2D eigenvalue weighted by molar-refractivity contribution is 9.10. The van der Waals surface area contributed by atoms with Crippen molar-refractivity contribution in [3.63, 3.8) is 0 Å². The fourth-order valence-electron chi connectivity index (χ4n) is 2.35. The topological polar surface area (TPSA) is 71.1 Å². The zero-order chi connectivity index (χ0) is 17.3. The second-order valence-corrected chi connectivity index (χ2v) is 10.2. The molecular formula is C14H13BrClN3O2S3. The molecule has 1 aliphatic heterocycles. The second kappa shape index (κ2) is 7.25. The van der Waals surface area contributed by atoms with Gasteiger partial charge in [-0.2, -0.15) is 0 Å². The van der Waals surface area contributed by atoms with Gasteiger partial charge in [0.1, 0.15) is 0 Å². The molecule has 2 aromatic rings. The van der Waals surface area contributed by atoms with Crippen molar-refractivity contribution in [2.45, 2.75) is 11.4 Å². The number of aromatic nitrogens is 1. The van der Waals surface area contributed by atoms with Gasteiger partial charge in [0.15, 0.2) is 20.1 Å². The average molecular weight is 467 g/mol. The van der Waals surface area contributed by atoms with Gasteiger partial charge in [-0.3, -0.25) is 0 Å². The van der Waals surface area contributed by atoms with Gasteiger partial charge < -0.3 is 10.6 Å². The van der Waals surface area contributed by atoms with Crippen LogP contribution in [-0.4, -0.2) is 41.4 Å². The van der Waals surface area contributed by atoms with Gasteiger partial charge in [0, 0.05) is 15.4 Å². The summed E-state index contributed by atoms with van der Waals surface area (Å²) in [5.74, 6) is -0.0384. The normalized spacial score (nSPS) is 22.2. The highest BCUT2D eigenvalue weighted by Gasteiger charge is 2.36. The second-order valence-electron chi connectivity index (χ2n) is 5.35. The van der Waals surface area contributed by atoms with Gasteiger partial charge in [-0.25, -0.2) is 13.4 Å². The van der Waals surface area contributed by atoms with Gasteiger partial charge in [-0.1, -0.05) is 28.1 Å². The van der Waals surface area contributed by atoms with Gasteiger partial charge in [0.25, 0.3) is 0 Å². The Morgan fingerprint density at radius 3 is 2.88 bits per heavy atom. The number of alkyl halides is 1. The summed E-state index contributed by atoms with van der Waals surface area (Å²) in [4.78, 5) is 4.49. The Labute approximate surface area is 162 Å². The molecule has 5 nitrogen and oxygen atoms in total. The Morgan fingerprint density at radius 1 is 1.42 bits per heavy atom. The molecule has 0 saturated carbocycles. The minimum absolute atomic E-state index is 0.00977. The molecule has 2 N–H and O–H groups in total. The van der Waals surface area contributed by atoms with Crippen LogP contribution in [0.2, 0.25) is 0 Å². The molecule has 0 amide bonds. The summed E-state index contributed by atoms with van der Waals surface area (Å²) >= 11 is 16.2. The van der Waals surface area contributed by atoms with E-state index < -0.39 is 15.2 Å². The molecule has 1 fully saturated rings. The van der Waals surface area contributed by atoms with E-state index in [0.717, 1.165) is 15.7 Å². The van der Waals surface area contributed by atoms with E-state index in [9.17, 15) is 8.42 Å². The molecule has 0 aliphatic carbocycles. The number of thiazole rings is 1. The van der Waals surface area contributed by atoms with E-state index in [4.69, 9.17) is 23.8 Å². The lowest BCUT2D eigenvalue weighted by molar-refractivity contribution is 0.600. The van der Waals surface area contributed by atoms with Crippen molar-refractivity contribution in [2.75, 3.05) is 16.8 Å². The number of nitrogens with zero attached hydrogens (tertiary/aromatic N) is 1. The van der Waals surface area contributed by atoms with Crippen molar-refractivity contribution in [3.8, 4) is 11.3 Å². The van der Waals surface area contributed by atoms with Crippen LogP contribution >= 0.6 is 51.1 Å². The van der Waals surface area contributed by atoms with E-state index in [-0.39, 0.29) is 17.5 Å². The lowest BCUT2D eigenvalue weighted by atomic mass is 10.2. The Morgan fingerprint density at radius 2 is 2.21 bits per heavy atom. The summed E-state index contributed by atoms with van der Waals surface area (Å²) in [6.45, 7) is 0. The van der Waals surface area contributed by atoms with Crippen molar-refractivity contribution >= 4 is 71.2 Å². The predicted molar refractivity (Wildman–Crippen MR) is 107 cm³/mol. The summed E-state index contributed by atoms with van der Waals surface area (Å²) in [6, 6.07) is 7.46. The maximum Gasteiger partial charge on any atom is 0.189 e. The molecule has 0 spiro atoms. The Kier molecular flexibility index (Phi) is 5.45. The first-order chi connectivity index (χ1) is 11.3. The number of nitrogens with one attached hydrogen (secondary N) is 2. The number of hydrogen-bond donors (Lipinski definition) is 2. The van der Waals surface area contributed by atoms with Crippen LogP contribution in [0.4, 0.5) is 5.13 Å². The number of hydrogen-bond acceptors (Lipinski definition) is 5. The van der Waals surface area contributed by atoms with Gasteiger partial charge >= 0.3 is 0 Å². The standard InChI is InChI=1S/C14H13BrClN3O2S3/c15-9-3-1-2-8(4-9)11-5-23-14(18-11)19-13(22)17-12-7-24(20,21)6-10(12)16/h1-5,10,12H,6-7H2,(H2,17,18,19,22). The maximum atomic E-state index is 11.6. The van der Waals surface area contributed by atoms with Crippen LogP contribution in [0.25, 0.3) is 11.3 Å². The summed E-state index contributed by atoms with van der Waals surface area (Å²) in [7, 11) is -3.10. The van der Waals surface area contributed by atoms with Crippen molar-refractivity contribution < 1.29 is 8.42 Å². The predicted octanol–water partition coefficient (Wildman–Crippen LogP) is 3.26. The maximum absolute atomic E-state index is 11.6. The minimum Gasteiger partial charge on any atom is -0.357 e. The molecule has 2 atom stereocenters. The fraction of sp³-hybridized carbons (Fsp3) is 0.286. The first-order valence-electron chi connectivity index (χ1n) is 6.96. The highest BCUT2D eigenvalue weighted by Crippen LogP contribution is 2.27. The van der Waals surface area contributed by atoms with Crippen LogP contribution < -0.4 is 10.6 Å². The third-order valence-corrected chi connectivity index (χ3v) is 7.29. The third kappa shape index (κ3) is 4.45. The van der Waals surface area contributed by atoms with Crippen molar-refractivity contribution in [3.05, 3.63) is 34.1 Å². The van der Waals surface area contributed by atoms with E-state index in [2.05, 4.69) is 31.5 Å². The number of thiocarbonyl (C=S) groups is 1. The van der Waals surface area contributed by atoms with Crippen LogP contribution in [0.5, 0.6) is 0 Å². The van der Waals surface area contributed by atoms with Crippen LogP contribution in [0.15, 0.2) is 34.1 Å². The highest BCUT2D eigenvalue weighted by atomic mass is 79.9. The Balaban J connectivity index is 1.64. The molecule has 1 aromatic carbocycles. The lowest BCUT2D eigenvalue weighted by Gasteiger charge is -2.16. The van der Waals surface area contributed by atoms with Crippen LogP contribution in [-0.2, 0) is 9.84 Å². The summed E-state index contributed by atoms with van der Waals surface area (Å²) in [5.41, 5.74) is 1.83. The lowest BCUT2D eigenvalue weighted by Crippen LogP contribution is -2.42. The summed E-state index contributed by atoms with van der Waals surface area (Å²) in [5, 5.41) is 8.34. The van der Waals surface area contributed by atoms with E-state index in [1.54, 1.807) is 0 Å². The van der Waals surface area contributed by atoms with Gasteiger partial charge in [0.05, 0.1) is 28.6 Å². The van der Waals surface area contributed by atoms with Crippen molar-refractivity contribution in [1.29, 1.82) is 0 Å². The number of halogens is 2. The number of benzene rings is 1. The minimum atomic E-state index is -3.10. The average Bonchev–Trinajstić information content (AvgIpc) is 3.03. The molecule has 1 saturated heterocycles. The van der Waals surface area contributed by atoms with Crippen LogP contribution in [0, 0.1) is 0 Å². The quantitative estimate of drug-likeness (QED) is 0.534. The largest absolute Gasteiger partial charge is 0.357 e. The molecule has 2 unspecified atom stereocenters. The smallest absolute Gasteiger partial charge is 0.189 e. The summed E-state index contributed by atoms with van der Waals surface area (Å²) in [6.07, 6.45) is 0. The van der Waals surface area contributed by atoms with E-state index in [1.165, 1.54) is 11.3 Å². The first-order valence-corrected chi connectivity index (χ1v) is 11.3. The Hall–Kier alpha value is -0.740. The van der Waals surface area contributed by atoms with Gasteiger partial charge in [-0.05, 0) is 24.4 Å². The monoisotopic (exact) mass is 465 g/mol. The number of sulfone groups is 1. The number of anilines is 1. The number of rotatable bonds is 3. The molecule has 0 bridgehead atoms. The molecule has 1 aromatic heterocycles. The molecule has 24 heavy (non-hydrogen) atoms. The Bertz CT molecular complexity index is 872. The molecule has 3 rings (SSSR count). The first kappa shape index (κ1) is 18.1. The molecule has 0 radical (unpaired) electrons. The summed E-state index contributed by atoms with van der Waals surface area (Å²) < 4.78 is 24.1. The fourth-order valence-corrected chi connectivity index (χ4v) is 6.34. The zero-order valence-corrected chi connectivity index (χ0v) is 17.0. The zero-order valence-electron chi connectivity index (χ0n) is 12.2. The van der Waals surface area contributed by atoms with Crippen molar-refractivity contribution in [1.82, 2.24) is 10.3 Å². The molecular weight excluding hydrogens is 454 g/mol. The van der Waals surface area contributed by atoms with E-state index in [1.807, 2.05) is 29.6 Å². The van der Waals surface area contributed by atoms with E-state index >= 15 is 0 Å². The van der Waals surface area contributed by atoms with Crippen LogP contribution in [0.1, 0.15) is 0 Å². The molecule has 2 heterocycles. The van der Waals surface area contributed by atoms with E-state index in [0.29, 0.717) is 10.2 Å². The van der Waals surface area contributed by atoms with Crippen LogP contribution in [0.3, 0.4) is 0 Å². The van der Waals surface area contributed by atoms with Crippen molar-refractivity contribution in [2.24, 2.45) is 0 Å². The third-order valence-electron chi connectivity index (χ3n) is 3.44. The molecule has 128 valence electrons. The van der Waals surface area contributed by atoms with Gasteiger partial charge in [0.2, 0.25) is 0 Å². The molecule has 10 heteroatoms.